The molecule has 2 aliphatic rings. The third-order valence-electron chi connectivity index (χ3n) is 7.34. The van der Waals surface area contributed by atoms with Gasteiger partial charge in [-0.15, -0.1) is 0 Å². The molecule has 0 spiro atoms. The SMILES string of the molecule is CC(C)n1cc(-c2cnn(C3COC3)c2)c2cnc(Cc3ccnc(-c4cnn(S(=O)(=O)C5CC5)c4)n3)cc21. The molecule has 0 radical (unpaired) electrons. The molecule has 39 heavy (non-hydrogen) atoms. The van der Waals surface area contributed by atoms with Crippen LogP contribution in [0.2, 0.25) is 0 Å². The van der Waals surface area contributed by atoms with Gasteiger partial charge in [-0.1, -0.05) is 0 Å². The van der Waals surface area contributed by atoms with Crippen LogP contribution in [0, 0.1) is 0 Å². The van der Waals surface area contributed by atoms with Crippen molar-refractivity contribution < 1.29 is 13.2 Å². The van der Waals surface area contributed by atoms with Gasteiger partial charge in [-0.05, 0) is 38.8 Å². The zero-order valence-corrected chi connectivity index (χ0v) is 22.5. The second kappa shape index (κ2) is 9.09. The fraction of sp³-hybridized carbons (Fsp3) is 0.370. The molecule has 0 N–H and O–H groups in total. The van der Waals surface area contributed by atoms with E-state index in [0.717, 1.165) is 37.5 Å². The van der Waals surface area contributed by atoms with Crippen LogP contribution in [-0.2, 0) is 21.2 Å². The Balaban J connectivity index is 1.18. The second-order valence-corrected chi connectivity index (χ2v) is 12.6. The lowest BCUT2D eigenvalue weighted by molar-refractivity contribution is -0.0286. The van der Waals surface area contributed by atoms with Crippen molar-refractivity contribution >= 4 is 20.9 Å². The normalized spacial score (nSPS) is 16.3. The molecule has 0 atom stereocenters. The summed E-state index contributed by atoms with van der Waals surface area (Å²) < 4.78 is 35.6. The lowest BCUT2D eigenvalue weighted by atomic mass is 10.1. The maximum Gasteiger partial charge on any atom is 0.256 e. The van der Waals surface area contributed by atoms with E-state index in [2.05, 4.69) is 52.1 Å². The van der Waals surface area contributed by atoms with Crippen molar-refractivity contribution in [3.8, 4) is 22.5 Å². The molecule has 1 saturated heterocycles. The number of fused-ring (bicyclic) bond motifs is 1. The minimum Gasteiger partial charge on any atom is -0.377 e. The zero-order valence-electron chi connectivity index (χ0n) is 21.7. The number of nitrogens with zero attached hydrogens (tertiary/aromatic N) is 8. The van der Waals surface area contributed by atoms with E-state index >= 15 is 0 Å². The van der Waals surface area contributed by atoms with Crippen molar-refractivity contribution in [2.45, 2.75) is 50.4 Å². The molecule has 200 valence electrons. The molecule has 0 amide bonds. The van der Waals surface area contributed by atoms with Crippen molar-refractivity contribution in [1.29, 1.82) is 0 Å². The van der Waals surface area contributed by atoms with Crippen LogP contribution in [0.15, 0.2) is 55.5 Å². The maximum atomic E-state index is 12.5. The fourth-order valence-corrected chi connectivity index (χ4v) is 6.37. The van der Waals surface area contributed by atoms with Crippen molar-refractivity contribution in [2.24, 2.45) is 0 Å². The molecule has 1 saturated carbocycles. The number of rotatable bonds is 8. The van der Waals surface area contributed by atoms with E-state index < -0.39 is 10.0 Å². The minimum absolute atomic E-state index is 0.265. The maximum absolute atomic E-state index is 12.5. The predicted molar refractivity (Wildman–Crippen MR) is 145 cm³/mol. The van der Waals surface area contributed by atoms with Crippen molar-refractivity contribution in [3.63, 3.8) is 0 Å². The summed E-state index contributed by atoms with van der Waals surface area (Å²) in [7, 11) is -3.44. The Morgan fingerprint density at radius 3 is 2.56 bits per heavy atom. The van der Waals surface area contributed by atoms with Crippen LogP contribution in [0.25, 0.3) is 33.4 Å². The van der Waals surface area contributed by atoms with Gasteiger partial charge in [-0.2, -0.15) is 14.3 Å². The van der Waals surface area contributed by atoms with E-state index in [1.165, 1.54) is 12.4 Å². The van der Waals surface area contributed by atoms with Crippen LogP contribution in [-0.4, -0.2) is 65.4 Å². The summed E-state index contributed by atoms with van der Waals surface area (Å²) in [5.41, 5.74) is 5.50. The highest BCUT2D eigenvalue weighted by Gasteiger charge is 2.37. The molecule has 1 aliphatic carbocycles. The molecule has 11 nitrogen and oxygen atoms in total. The van der Waals surface area contributed by atoms with Gasteiger partial charge < -0.3 is 9.30 Å². The minimum atomic E-state index is -3.44. The monoisotopic (exact) mass is 544 g/mol. The number of pyridine rings is 1. The van der Waals surface area contributed by atoms with Gasteiger partial charge in [0.25, 0.3) is 10.0 Å². The molecule has 0 bridgehead atoms. The molecule has 5 aromatic heterocycles. The Labute approximate surface area is 225 Å². The first-order chi connectivity index (χ1) is 18.9. The van der Waals surface area contributed by atoms with Gasteiger partial charge in [0, 0.05) is 59.5 Å². The Hall–Kier alpha value is -3.90. The van der Waals surface area contributed by atoms with Crippen LogP contribution in [0.4, 0.5) is 0 Å². The summed E-state index contributed by atoms with van der Waals surface area (Å²) >= 11 is 0. The van der Waals surface area contributed by atoms with Crippen LogP contribution in [0.1, 0.15) is 50.2 Å². The van der Waals surface area contributed by atoms with Crippen molar-refractivity contribution in [2.75, 3.05) is 13.2 Å². The average molecular weight is 545 g/mol. The highest BCUT2D eigenvalue weighted by molar-refractivity contribution is 7.90. The van der Waals surface area contributed by atoms with Crippen LogP contribution >= 0.6 is 0 Å². The molecule has 0 unspecified atom stereocenters. The Morgan fingerprint density at radius 2 is 1.82 bits per heavy atom. The first-order valence-corrected chi connectivity index (χ1v) is 14.6. The third-order valence-corrected chi connectivity index (χ3v) is 9.37. The highest BCUT2D eigenvalue weighted by atomic mass is 32.2. The fourth-order valence-electron chi connectivity index (χ4n) is 4.89. The third kappa shape index (κ3) is 4.33. The predicted octanol–water partition coefficient (Wildman–Crippen LogP) is 3.64. The van der Waals surface area contributed by atoms with Gasteiger partial charge in [0.1, 0.15) is 0 Å². The first-order valence-electron chi connectivity index (χ1n) is 13.1. The second-order valence-electron chi connectivity index (χ2n) is 10.5. The van der Waals surface area contributed by atoms with E-state index in [0.29, 0.717) is 49.9 Å². The molecular weight excluding hydrogens is 516 g/mol. The standard InChI is InChI=1S/C27H28N8O3S/c1-17(2)33-14-25(18-9-30-34(12-18)22-15-38-16-22)24-11-29-21(8-26(24)33)7-20-5-6-28-27(32-20)19-10-31-35(13-19)39(36,37)23-3-4-23/h5-6,8-14,17,22-23H,3-4,7,15-16H2,1-2H3. The van der Waals surface area contributed by atoms with Crippen LogP contribution in [0.5, 0.6) is 0 Å². The number of ether oxygens (including phenoxy) is 1. The van der Waals surface area contributed by atoms with Gasteiger partial charge in [0.05, 0.1) is 59.9 Å². The van der Waals surface area contributed by atoms with Crippen LogP contribution < -0.4 is 0 Å². The summed E-state index contributed by atoms with van der Waals surface area (Å²) in [5, 5.41) is 9.37. The summed E-state index contributed by atoms with van der Waals surface area (Å²) in [5.74, 6) is 0.438. The van der Waals surface area contributed by atoms with Crippen molar-refractivity contribution in [3.05, 3.63) is 66.9 Å². The number of aromatic nitrogens is 8. The number of hydrogen-bond donors (Lipinski definition) is 0. The van der Waals surface area contributed by atoms with Crippen LogP contribution in [0.3, 0.4) is 0 Å². The van der Waals surface area contributed by atoms with Gasteiger partial charge in [-0.3, -0.25) is 9.67 Å². The largest absolute Gasteiger partial charge is 0.377 e. The summed E-state index contributed by atoms with van der Waals surface area (Å²) in [6.45, 7) is 5.73. The topological polar surface area (TPSA) is 123 Å². The molecule has 1 aliphatic heterocycles. The Kier molecular flexibility index (Phi) is 5.63. The quantitative estimate of drug-likeness (QED) is 0.290. The molecule has 5 aromatic rings. The summed E-state index contributed by atoms with van der Waals surface area (Å²) in [6, 6.07) is 4.54. The summed E-state index contributed by atoms with van der Waals surface area (Å²) in [4.78, 5) is 13.8. The van der Waals surface area contributed by atoms with Gasteiger partial charge in [0.15, 0.2) is 5.82 Å². The molecular formula is C27H28N8O3S. The Bertz CT molecular complexity index is 1790. The Morgan fingerprint density at radius 1 is 1.00 bits per heavy atom. The van der Waals surface area contributed by atoms with E-state index in [4.69, 9.17) is 14.7 Å². The van der Waals surface area contributed by atoms with E-state index in [1.807, 2.05) is 23.1 Å². The van der Waals surface area contributed by atoms with Gasteiger partial charge in [-0.25, -0.2) is 18.4 Å². The lowest BCUT2D eigenvalue weighted by Crippen LogP contribution is -2.30. The van der Waals surface area contributed by atoms with E-state index in [9.17, 15) is 8.42 Å². The van der Waals surface area contributed by atoms with E-state index in [-0.39, 0.29) is 11.3 Å². The number of hydrogen-bond acceptors (Lipinski definition) is 8. The molecule has 6 heterocycles. The molecule has 0 aromatic carbocycles. The highest BCUT2D eigenvalue weighted by Crippen LogP contribution is 2.34. The van der Waals surface area contributed by atoms with Gasteiger partial charge >= 0.3 is 0 Å². The average Bonchev–Trinajstić information content (AvgIpc) is 3.29. The smallest absolute Gasteiger partial charge is 0.256 e. The zero-order chi connectivity index (χ0) is 26.7. The molecule has 7 rings (SSSR count). The molecule has 2 fully saturated rings. The van der Waals surface area contributed by atoms with E-state index in [1.54, 1.807) is 6.20 Å². The van der Waals surface area contributed by atoms with Crippen molar-refractivity contribution in [1.82, 2.24) is 38.5 Å². The van der Waals surface area contributed by atoms with Gasteiger partial charge in [0.2, 0.25) is 0 Å². The summed E-state index contributed by atoms with van der Waals surface area (Å²) in [6.07, 6.45) is 14.7. The lowest BCUT2D eigenvalue weighted by Gasteiger charge is -2.25. The molecule has 12 heteroatoms. The first kappa shape index (κ1) is 24.2.